The Kier molecular flexibility index (Phi) is 4.40. The van der Waals surface area contributed by atoms with E-state index in [-0.39, 0.29) is 0 Å². The third kappa shape index (κ3) is 3.41. The molecule has 1 heterocycles. The van der Waals surface area contributed by atoms with Gasteiger partial charge in [0, 0.05) is 17.1 Å². The first-order valence-electron chi connectivity index (χ1n) is 7.15. The van der Waals surface area contributed by atoms with Crippen molar-refractivity contribution in [3.63, 3.8) is 0 Å². The fourth-order valence-electron chi connectivity index (χ4n) is 2.25. The summed E-state index contributed by atoms with van der Waals surface area (Å²) in [5.74, 6) is -0.583. The Morgan fingerprint density at radius 3 is 2.70 bits per heavy atom. The molecule has 0 saturated carbocycles. The van der Waals surface area contributed by atoms with Gasteiger partial charge < -0.3 is 5.11 Å². The predicted molar refractivity (Wildman–Crippen MR) is 88.9 cm³/mol. The van der Waals surface area contributed by atoms with Gasteiger partial charge in [0.15, 0.2) is 6.10 Å². The summed E-state index contributed by atoms with van der Waals surface area (Å²) in [4.78, 5) is 16.2. The molecule has 23 heavy (non-hydrogen) atoms. The molecule has 3 aromatic rings. The van der Waals surface area contributed by atoms with Crippen molar-refractivity contribution < 1.29 is 9.90 Å². The molecule has 0 fully saturated rings. The monoisotopic (exact) mass is 305 g/mol. The van der Waals surface area contributed by atoms with Crippen LogP contribution < -0.4 is 5.43 Å². The van der Waals surface area contributed by atoms with Crippen LogP contribution in [0.25, 0.3) is 10.9 Å². The molecule has 3 rings (SSSR count). The Morgan fingerprint density at radius 1 is 1.09 bits per heavy atom. The number of aliphatic hydroxyl groups excluding tert-OH is 1. The normalized spacial score (nSPS) is 12.4. The molecule has 0 bridgehead atoms. The first-order chi connectivity index (χ1) is 11.3. The maximum absolute atomic E-state index is 11.9. The molecule has 1 unspecified atom stereocenters. The Balaban J connectivity index is 1.72. The molecule has 2 N–H and O–H groups in total. The highest BCUT2D eigenvalue weighted by Crippen LogP contribution is 2.14. The minimum atomic E-state index is -1.25. The van der Waals surface area contributed by atoms with Gasteiger partial charge in [-0.3, -0.25) is 9.78 Å². The van der Waals surface area contributed by atoms with Crippen LogP contribution in [-0.2, 0) is 4.79 Å². The lowest BCUT2D eigenvalue weighted by Gasteiger charge is -2.08. The van der Waals surface area contributed by atoms with Crippen LogP contribution >= 0.6 is 0 Å². The van der Waals surface area contributed by atoms with E-state index in [1.165, 1.54) is 6.21 Å². The summed E-state index contributed by atoms with van der Waals surface area (Å²) in [5, 5.41) is 14.9. The summed E-state index contributed by atoms with van der Waals surface area (Å²) in [6.07, 6.45) is 1.97. The minimum Gasteiger partial charge on any atom is -0.378 e. The summed E-state index contributed by atoms with van der Waals surface area (Å²) < 4.78 is 0. The van der Waals surface area contributed by atoms with E-state index in [2.05, 4.69) is 15.5 Å². The van der Waals surface area contributed by atoms with Crippen molar-refractivity contribution in [2.75, 3.05) is 0 Å². The molecule has 0 aliphatic heterocycles. The number of pyridine rings is 1. The summed E-state index contributed by atoms with van der Waals surface area (Å²) in [5.41, 5.74) is 4.46. The van der Waals surface area contributed by atoms with Crippen molar-refractivity contribution in [3.8, 4) is 0 Å². The van der Waals surface area contributed by atoms with Gasteiger partial charge in [-0.05, 0) is 11.6 Å². The second-order valence-corrected chi connectivity index (χ2v) is 4.97. The maximum atomic E-state index is 11.9. The molecule has 0 radical (unpaired) electrons. The highest BCUT2D eigenvalue weighted by molar-refractivity contribution is 5.97. The van der Waals surface area contributed by atoms with E-state index in [1.54, 1.807) is 30.5 Å². The molecule has 0 spiro atoms. The van der Waals surface area contributed by atoms with Gasteiger partial charge in [-0.1, -0.05) is 54.6 Å². The first-order valence-corrected chi connectivity index (χ1v) is 7.15. The number of nitrogens with zero attached hydrogens (tertiary/aromatic N) is 2. The molecule has 5 heteroatoms. The molecule has 1 amide bonds. The Hall–Kier alpha value is -3.05. The minimum absolute atomic E-state index is 0.520. The van der Waals surface area contributed by atoms with E-state index in [0.717, 1.165) is 16.5 Å². The zero-order valence-corrected chi connectivity index (χ0v) is 12.3. The number of para-hydroxylation sites is 1. The van der Waals surface area contributed by atoms with E-state index >= 15 is 0 Å². The van der Waals surface area contributed by atoms with Crippen molar-refractivity contribution in [3.05, 3.63) is 78.0 Å². The van der Waals surface area contributed by atoms with E-state index in [9.17, 15) is 9.90 Å². The highest BCUT2D eigenvalue weighted by Gasteiger charge is 2.15. The second-order valence-electron chi connectivity index (χ2n) is 4.97. The number of hydrogen-bond donors (Lipinski definition) is 2. The lowest BCUT2D eigenvalue weighted by atomic mass is 10.1. The van der Waals surface area contributed by atoms with Crippen LogP contribution in [0.2, 0.25) is 0 Å². The summed E-state index contributed by atoms with van der Waals surface area (Å²) in [7, 11) is 0. The second kappa shape index (κ2) is 6.81. The van der Waals surface area contributed by atoms with Crippen LogP contribution in [0.5, 0.6) is 0 Å². The van der Waals surface area contributed by atoms with Crippen molar-refractivity contribution >= 4 is 23.0 Å². The van der Waals surface area contributed by atoms with Crippen LogP contribution in [0, 0.1) is 0 Å². The van der Waals surface area contributed by atoms with E-state index in [4.69, 9.17) is 0 Å². The lowest BCUT2D eigenvalue weighted by molar-refractivity contribution is -0.129. The third-order valence-electron chi connectivity index (χ3n) is 3.41. The molecular weight excluding hydrogens is 290 g/mol. The van der Waals surface area contributed by atoms with Crippen LogP contribution in [0.1, 0.15) is 17.2 Å². The van der Waals surface area contributed by atoms with Crippen LogP contribution in [-0.4, -0.2) is 22.2 Å². The van der Waals surface area contributed by atoms with E-state index in [0.29, 0.717) is 5.56 Å². The van der Waals surface area contributed by atoms with E-state index in [1.807, 2.05) is 36.4 Å². The molecular formula is C18H15N3O2. The molecule has 2 aromatic carbocycles. The Morgan fingerprint density at radius 2 is 1.87 bits per heavy atom. The van der Waals surface area contributed by atoms with Gasteiger partial charge in [0.25, 0.3) is 5.91 Å². The molecule has 1 atom stereocenters. The Bertz CT molecular complexity index is 842. The fourth-order valence-corrected chi connectivity index (χ4v) is 2.25. The molecule has 0 saturated heterocycles. The number of aromatic nitrogens is 1. The highest BCUT2D eigenvalue weighted by atomic mass is 16.3. The van der Waals surface area contributed by atoms with Gasteiger partial charge in [-0.2, -0.15) is 5.10 Å². The number of rotatable bonds is 4. The predicted octanol–water partition coefficient (Wildman–Crippen LogP) is 2.42. The standard InChI is InChI=1S/C18H15N3O2/c22-17(14-6-2-1-3-7-14)18(23)21-20-12-15-9-4-8-13-10-5-11-19-16(13)15/h1-12,17,22H,(H,21,23)/b20-12+. The van der Waals surface area contributed by atoms with Crippen molar-refractivity contribution in [1.82, 2.24) is 10.4 Å². The average Bonchev–Trinajstić information content (AvgIpc) is 2.62. The number of fused-ring (bicyclic) bond motifs is 1. The smallest absolute Gasteiger partial charge is 0.273 e. The number of carbonyl (C=O) groups is 1. The topological polar surface area (TPSA) is 74.6 Å². The van der Waals surface area contributed by atoms with E-state index < -0.39 is 12.0 Å². The van der Waals surface area contributed by atoms with Crippen molar-refractivity contribution in [2.45, 2.75) is 6.10 Å². The van der Waals surface area contributed by atoms with Crippen LogP contribution in [0.3, 0.4) is 0 Å². The summed E-state index contributed by atoms with van der Waals surface area (Å²) in [6, 6.07) is 18.2. The average molecular weight is 305 g/mol. The molecule has 1 aromatic heterocycles. The fraction of sp³-hybridized carbons (Fsp3) is 0.0556. The van der Waals surface area contributed by atoms with Gasteiger partial charge in [-0.25, -0.2) is 5.43 Å². The molecule has 0 aliphatic rings. The maximum Gasteiger partial charge on any atom is 0.273 e. The number of hydrogen-bond acceptors (Lipinski definition) is 4. The van der Waals surface area contributed by atoms with Crippen LogP contribution in [0.15, 0.2) is 72.0 Å². The Labute approximate surface area is 133 Å². The summed E-state index contributed by atoms with van der Waals surface area (Å²) >= 11 is 0. The van der Waals surface area contributed by atoms with Gasteiger partial charge in [0.05, 0.1) is 11.7 Å². The van der Waals surface area contributed by atoms with Gasteiger partial charge in [0.1, 0.15) is 0 Å². The zero-order valence-electron chi connectivity index (χ0n) is 12.3. The van der Waals surface area contributed by atoms with Gasteiger partial charge >= 0.3 is 0 Å². The van der Waals surface area contributed by atoms with Gasteiger partial charge in [0.2, 0.25) is 0 Å². The molecule has 114 valence electrons. The van der Waals surface area contributed by atoms with Crippen molar-refractivity contribution in [1.29, 1.82) is 0 Å². The number of hydrazone groups is 1. The quantitative estimate of drug-likeness (QED) is 0.574. The largest absolute Gasteiger partial charge is 0.378 e. The lowest BCUT2D eigenvalue weighted by Crippen LogP contribution is -2.25. The number of carbonyl (C=O) groups excluding carboxylic acids is 1. The van der Waals surface area contributed by atoms with Crippen LogP contribution in [0.4, 0.5) is 0 Å². The van der Waals surface area contributed by atoms with Gasteiger partial charge in [-0.15, -0.1) is 0 Å². The molecule has 0 aliphatic carbocycles. The SMILES string of the molecule is O=C(N/N=C/c1cccc2cccnc12)C(O)c1ccccc1. The first kappa shape index (κ1) is 14.9. The number of amides is 1. The number of nitrogens with one attached hydrogen (secondary N) is 1. The number of aliphatic hydroxyl groups is 1. The third-order valence-corrected chi connectivity index (χ3v) is 3.41. The molecule has 5 nitrogen and oxygen atoms in total. The zero-order chi connectivity index (χ0) is 16.1. The van der Waals surface area contributed by atoms with Crippen molar-refractivity contribution in [2.24, 2.45) is 5.10 Å². The summed E-state index contributed by atoms with van der Waals surface area (Å²) in [6.45, 7) is 0. The number of benzene rings is 2.